The van der Waals surface area contributed by atoms with E-state index in [0.717, 1.165) is 4.47 Å². The van der Waals surface area contributed by atoms with Crippen LogP contribution in [0.25, 0.3) is 0 Å². The second-order valence-corrected chi connectivity index (χ2v) is 4.19. The molecule has 5 heteroatoms. The molecule has 0 saturated heterocycles. The zero-order valence-corrected chi connectivity index (χ0v) is 9.55. The van der Waals surface area contributed by atoms with Gasteiger partial charge in [-0.25, -0.2) is 0 Å². The Balaban J connectivity index is 2.93. The maximum absolute atomic E-state index is 10.4. The van der Waals surface area contributed by atoms with E-state index in [0.29, 0.717) is 10.6 Å². The lowest BCUT2D eigenvalue weighted by Crippen LogP contribution is -2.15. The van der Waals surface area contributed by atoms with Gasteiger partial charge in [0.05, 0.1) is 6.42 Å². The summed E-state index contributed by atoms with van der Waals surface area (Å²) in [7, 11) is 0. The maximum Gasteiger partial charge on any atom is 0.305 e. The second kappa shape index (κ2) is 4.77. The van der Waals surface area contributed by atoms with E-state index in [1.807, 2.05) is 0 Å². The van der Waals surface area contributed by atoms with Crippen molar-refractivity contribution in [2.75, 3.05) is 0 Å². The normalized spacial score (nSPS) is 12.5. The Morgan fingerprint density at radius 1 is 1.64 bits per heavy atom. The van der Waals surface area contributed by atoms with Crippen LogP contribution in [0.15, 0.2) is 22.7 Å². The summed E-state index contributed by atoms with van der Waals surface area (Å²) in [6.07, 6.45) is -0.129. The minimum Gasteiger partial charge on any atom is -0.481 e. The average Bonchev–Trinajstić information content (AvgIpc) is 2.08. The summed E-state index contributed by atoms with van der Waals surface area (Å²) in [6.45, 7) is 0. The van der Waals surface area contributed by atoms with Crippen molar-refractivity contribution in [2.45, 2.75) is 12.5 Å². The van der Waals surface area contributed by atoms with E-state index in [-0.39, 0.29) is 6.42 Å². The Labute approximate surface area is 95.0 Å². The largest absolute Gasteiger partial charge is 0.481 e. The lowest BCUT2D eigenvalue weighted by Gasteiger charge is -2.11. The first kappa shape index (κ1) is 11.5. The zero-order chi connectivity index (χ0) is 10.7. The van der Waals surface area contributed by atoms with Crippen molar-refractivity contribution in [1.82, 2.24) is 0 Å². The van der Waals surface area contributed by atoms with Crippen LogP contribution in [0.4, 0.5) is 0 Å². The molecule has 0 aliphatic heterocycles. The Morgan fingerprint density at radius 3 is 2.86 bits per heavy atom. The molecule has 0 fully saturated rings. The van der Waals surface area contributed by atoms with E-state index in [1.165, 1.54) is 0 Å². The minimum atomic E-state index is -0.937. The molecule has 3 N–H and O–H groups in total. The molecule has 0 aliphatic rings. The summed E-state index contributed by atoms with van der Waals surface area (Å²) >= 11 is 9.15. The smallest absolute Gasteiger partial charge is 0.305 e. The first-order valence-corrected chi connectivity index (χ1v) is 5.10. The van der Waals surface area contributed by atoms with Gasteiger partial charge in [-0.05, 0) is 23.8 Å². The van der Waals surface area contributed by atoms with Gasteiger partial charge in [0.2, 0.25) is 0 Å². The van der Waals surface area contributed by atoms with Gasteiger partial charge in [0.1, 0.15) is 0 Å². The van der Waals surface area contributed by atoms with E-state index in [4.69, 9.17) is 22.4 Å². The van der Waals surface area contributed by atoms with Crippen molar-refractivity contribution in [3.05, 3.63) is 33.3 Å². The summed E-state index contributed by atoms with van der Waals surface area (Å²) in [6, 6.07) is 4.62. The summed E-state index contributed by atoms with van der Waals surface area (Å²) in [4.78, 5) is 10.4. The van der Waals surface area contributed by atoms with E-state index >= 15 is 0 Å². The number of benzene rings is 1. The van der Waals surface area contributed by atoms with Crippen molar-refractivity contribution in [1.29, 1.82) is 0 Å². The van der Waals surface area contributed by atoms with Crippen LogP contribution < -0.4 is 5.73 Å². The number of rotatable bonds is 3. The predicted molar refractivity (Wildman–Crippen MR) is 58.3 cm³/mol. The van der Waals surface area contributed by atoms with Gasteiger partial charge in [0.15, 0.2) is 0 Å². The van der Waals surface area contributed by atoms with Crippen LogP contribution in [0.5, 0.6) is 0 Å². The van der Waals surface area contributed by atoms with Gasteiger partial charge in [0, 0.05) is 15.5 Å². The lowest BCUT2D eigenvalue weighted by molar-refractivity contribution is -0.137. The number of nitrogens with two attached hydrogens (primary N) is 1. The van der Waals surface area contributed by atoms with Gasteiger partial charge in [-0.2, -0.15) is 0 Å². The van der Waals surface area contributed by atoms with Crippen LogP contribution >= 0.6 is 27.5 Å². The molecule has 0 bridgehead atoms. The molecular weight excluding hydrogens is 269 g/mol. The molecule has 1 aromatic carbocycles. The van der Waals surface area contributed by atoms with Crippen LogP contribution in [-0.2, 0) is 4.79 Å². The number of hydrogen-bond donors (Lipinski definition) is 2. The lowest BCUT2D eigenvalue weighted by atomic mass is 10.1. The molecule has 1 atom stereocenters. The summed E-state index contributed by atoms with van der Waals surface area (Å²) in [5.41, 5.74) is 6.32. The fourth-order valence-electron chi connectivity index (χ4n) is 1.10. The predicted octanol–water partition coefficient (Wildman–Crippen LogP) is 2.58. The van der Waals surface area contributed by atoms with Crippen molar-refractivity contribution in [2.24, 2.45) is 5.73 Å². The molecule has 0 unspecified atom stereocenters. The highest BCUT2D eigenvalue weighted by Gasteiger charge is 2.13. The fraction of sp³-hybridized carbons (Fsp3) is 0.222. The first-order valence-electron chi connectivity index (χ1n) is 3.93. The third-order valence-electron chi connectivity index (χ3n) is 1.75. The molecule has 1 rings (SSSR count). The van der Waals surface area contributed by atoms with Gasteiger partial charge >= 0.3 is 5.97 Å². The Kier molecular flexibility index (Phi) is 3.92. The number of hydrogen-bond acceptors (Lipinski definition) is 2. The first-order chi connectivity index (χ1) is 6.50. The van der Waals surface area contributed by atoms with Crippen molar-refractivity contribution >= 4 is 33.5 Å². The summed E-state index contributed by atoms with van der Waals surface area (Å²) in [5, 5.41) is 9.06. The third kappa shape index (κ3) is 2.97. The molecule has 0 aliphatic carbocycles. The average molecular weight is 279 g/mol. The number of carbonyl (C=O) groups is 1. The van der Waals surface area contributed by atoms with Crippen LogP contribution in [0.3, 0.4) is 0 Å². The molecule has 0 aromatic heterocycles. The van der Waals surface area contributed by atoms with E-state index in [1.54, 1.807) is 18.2 Å². The van der Waals surface area contributed by atoms with E-state index in [9.17, 15) is 4.79 Å². The van der Waals surface area contributed by atoms with Gasteiger partial charge in [0.25, 0.3) is 0 Å². The van der Waals surface area contributed by atoms with Crippen LogP contribution in [0.1, 0.15) is 18.0 Å². The van der Waals surface area contributed by atoms with Gasteiger partial charge in [-0.15, -0.1) is 0 Å². The van der Waals surface area contributed by atoms with Crippen LogP contribution in [-0.4, -0.2) is 11.1 Å². The molecule has 0 spiro atoms. The number of carboxylic acid groups (broad SMARTS) is 1. The topological polar surface area (TPSA) is 63.3 Å². The quantitative estimate of drug-likeness (QED) is 0.893. The Morgan fingerprint density at radius 2 is 2.29 bits per heavy atom. The van der Waals surface area contributed by atoms with Gasteiger partial charge < -0.3 is 10.8 Å². The Hall–Kier alpha value is -0.580. The molecule has 0 saturated carbocycles. The fourth-order valence-corrected chi connectivity index (χ4v) is 1.73. The van der Waals surface area contributed by atoms with Gasteiger partial charge in [-0.3, -0.25) is 4.79 Å². The summed E-state index contributed by atoms with van der Waals surface area (Å²) in [5.74, 6) is -0.937. The molecule has 1 aromatic rings. The summed E-state index contributed by atoms with van der Waals surface area (Å²) < 4.78 is 0.831. The van der Waals surface area contributed by atoms with E-state index in [2.05, 4.69) is 15.9 Å². The Bertz CT molecular complexity index is 357. The van der Waals surface area contributed by atoms with Crippen molar-refractivity contribution < 1.29 is 9.90 Å². The monoisotopic (exact) mass is 277 g/mol. The maximum atomic E-state index is 10.4. The van der Waals surface area contributed by atoms with Crippen LogP contribution in [0.2, 0.25) is 5.02 Å². The highest BCUT2D eigenvalue weighted by molar-refractivity contribution is 9.10. The minimum absolute atomic E-state index is 0.129. The standard InChI is InChI=1S/C9H9BrClNO2/c10-5-1-2-7(11)6(3-5)8(12)4-9(13)14/h1-3,8H,4,12H2,(H,13,14)/t8-/m1/s1. The second-order valence-electron chi connectivity index (χ2n) is 2.87. The molecule has 3 nitrogen and oxygen atoms in total. The number of halogens is 2. The molecule has 0 radical (unpaired) electrons. The molecular formula is C9H9BrClNO2. The highest BCUT2D eigenvalue weighted by atomic mass is 79.9. The SMILES string of the molecule is N[C@H](CC(=O)O)c1cc(Br)ccc1Cl. The number of aliphatic carboxylic acids is 1. The third-order valence-corrected chi connectivity index (χ3v) is 2.59. The highest BCUT2D eigenvalue weighted by Crippen LogP contribution is 2.26. The van der Waals surface area contributed by atoms with Crippen molar-refractivity contribution in [3.63, 3.8) is 0 Å². The van der Waals surface area contributed by atoms with E-state index < -0.39 is 12.0 Å². The van der Waals surface area contributed by atoms with Crippen LogP contribution in [0, 0.1) is 0 Å². The zero-order valence-electron chi connectivity index (χ0n) is 7.21. The molecule has 76 valence electrons. The molecule has 14 heavy (non-hydrogen) atoms. The molecule has 0 heterocycles. The van der Waals surface area contributed by atoms with Crippen molar-refractivity contribution in [3.8, 4) is 0 Å². The van der Waals surface area contributed by atoms with Gasteiger partial charge in [-0.1, -0.05) is 27.5 Å². The number of carboxylic acids is 1. The molecule has 0 amide bonds.